The minimum atomic E-state index is -5.08. The molecule has 4 N–H and O–H groups in total. The van der Waals surface area contributed by atoms with Gasteiger partial charge in [0.2, 0.25) is 0 Å². The summed E-state index contributed by atoms with van der Waals surface area (Å²) in [6.45, 7) is 0. The van der Waals surface area contributed by atoms with Crippen LogP contribution in [-0.4, -0.2) is 42.0 Å². The van der Waals surface area contributed by atoms with Gasteiger partial charge >= 0.3 is 12.1 Å². The van der Waals surface area contributed by atoms with Gasteiger partial charge in [0, 0.05) is 6.04 Å². The molecule has 1 fully saturated rings. The zero-order valence-electron chi connectivity index (χ0n) is 9.93. The van der Waals surface area contributed by atoms with Gasteiger partial charge in [0.05, 0.1) is 5.75 Å². The Balaban J connectivity index is 0.000000399. The van der Waals surface area contributed by atoms with Gasteiger partial charge in [0.1, 0.15) is 0 Å². The zero-order chi connectivity index (χ0) is 15.3. The standard InChI is InChI=1S/C7H15NO3S.C2HF3O2/c8-7-3-1-6(2-4-7)5-12(9,10)11;3-2(4,5)1(6)7/h6-7H,1-5,8H2,(H,9,10,11);(H,6,7)/t6-,7-;. The van der Waals surface area contributed by atoms with Crippen molar-refractivity contribution in [3.05, 3.63) is 0 Å². The van der Waals surface area contributed by atoms with Gasteiger partial charge in [0.15, 0.2) is 0 Å². The molecule has 0 unspecified atom stereocenters. The second-order valence-electron chi connectivity index (χ2n) is 4.33. The van der Waals surface area contributed by atoms with Crippen molar-refractivity contribution in [3.8, 4) is 0 Å². The van der Waals surface area contributed by atoms with Crippen LogP contribution in [0, 0.1) is 5.92 Å². The average Bonchev–Trinajstić information content (AvgIpc) is 2.19. The number of carbonyl (C=O) groups is 1. The summed E-state index contributed by atoms with van der Waals surface area (Å²) in [5.74, 6) is -2.74. The number of rotatable bonds is 2. The summed E-state index contributed by atoms with van der Waals surface area (Å²) in [6, 6.07) is 0.225. The van der Waals surface area contributed by atoms with Crippen LogP contribution >= 0.6 is 0 Å². The molecule has 0 saturated heterocycles. The van der Waals surface area contributed by atoms with Gasteiger partial charge in [-0.2, -0.15) is 21.6 Å². The summed E-state index contributed by atoms with van der Waals surface area (Å²) < 4.78 is 61.3. The first-order valence-electron chi connectivity index (χ1n) is 5.42. The normalized spacial score (nSPS) is 24.3. The van der Waals surface area contributed by atoms with Gasteiger partial charge in [-0.1, -0.05) is 0 Å². The summed E-state index contributed by atoms with van der Waals surface area (Å²) in [4.78, 5) is 8.90. The maximum atomic E-state index is 10.6. The third-order valence-electron chi connectivity index (χ3n) is 2.58. The highest BCUT2D eigenvalue weighted by atomic mass is 32.2. The van der Waals surface area contributed by atoms with E-state index in [-0.39, 0.29) is 17.7 Å². The molecule has 114 valence electrons. The van der Waals surface area contributed by atoms with E-state index in [0.717, 1.165) is 25.7 Å². The van der Waals surface area contributed by atoms with Crippen molar-refractivity contribution >= 4 is 16.1 Å². The number of halogens is 3. The quantitative estimate of drug-likeness (QED) is 0.656. The minimum absolute atomic E-state index is 0.0975. The lowest BCUT2D eigenvalue weighted by molar-refractivity contribution is -0.192. The molecular formula is C9H16F3NO5S. The summed E-state index contributed by atoms with van der Waals surface area (Å²) in [5.41, 5.74) is 5.65. The lowest BCUT2D eigenvalue weighted by Crippen LogP contribution is -2.29. The van der Waals surface area contributed by atoms with Crippen molar-refractivity contribution in [2.45, 2.75) is 37.9 Å². The number of hydrogen-bond donors (Lipinski definition) is 3. The predicted octanol–water partition coefficient (Wildman–Crippen LogP) is 1.02. The smallest absolute Gasteiger partial charge is 0.475 e. The molecule has 1 aliphatic carbocycles. The van der Waals surface area contributed by atoms with E-state index in [1.54, 1.807) is 0 Å². The molecule has 0 amide bonds. The van der Waals surface area contributed by atoms with Crippen molar-refractivity contribution in [2.75, 3.05) is 5.75 Å². The van der Waals surface area contributed by atoms with Gasteiger partial charge in [-0.25, -0.2) is 4.79 Å². The number of nitrogens with two attached hydrogens (primary N) is 1. The molecule has 10 heteroatoms. The second-order valence-corrected chi connectivity index (χ2v) is 5.83. The van der Waals surface area contributed by atoms with Crippen LogP contribution in [0.3, 0.4) is 0 Å². The van der Waals surface area contributed by atoms with Crippen molar-refractivity contribution in [1.29, 1.82) is 0 Å². The third-order valence-corrected chi connectivity index (χ3v) is 3.47. The van der Waals surface area contributed by atoms with Crippen LogP contribution in [0.2, 0.25) is 0 Å². The molecular weight excluding hydrogens is 291 g/mol. The largest absolute Gasteiger partial charge is 0.490 e. The molecule has 0 aromatic rings. The van der Waals surface area contributed by atoms with Crippen molar-refractivity contribution in [1.82, 2.24) is 0 Å². The highest BCUT2D eigenvalue weighted by Crippen LogP contribution is 2.23. The van der Waals surface area contributed by atoms with E-state index in [0.29, 0.717) is 0 Å². The first kappa shape index (κ1) is 18.1. The van der Waals surface area contributed by atoms with Crippen LogP contribution in [0.5, 0.6) is 0 Å². The summed E-state index contributed by atoms with van der Waals surface area (Å²) in [6.07, 6.45) is -1.69. The fourth-order valence-electron chi connectivity index (χ4n) is 1.65. The highest BCUT2D eigenvalue weighted by Gasteiger charge is 2.38. The molecule has 0 heterocycles. The minimum Gasteiger partial charge on any atom is -0.475 e. The van der Waals surface area contributed by atoms with E-state index < -0.39 is 22.3 Å². The lowest BCUT2D eigenvalue weighted by Gasteiger charge is -2.24. The Morgan fingerprint density at radius 2 is 1.58 bits per heavy atom. The molecule has 6 nitrogen and oxygen atoms in total. The zero-order valence-corrected chi connectivity index (χ0v) is 10.7. The summed E-state index contributed by atoms with van der Waals surface area (Å²) in [7, 11) is -3.78. The number of carboxylic acids is 1. The van der Waals surface area contributed by atoms with Gasteiger partial charge in [0.25, 0.3) is 10.1 Å². The molecule has 0 spiro atoms. The monoisotopic (exact) mass is 307 g/mol. The van der Waals surface area contributed by atoms with Crippen LogP contribution in [0.15, 0.2) is 0 Å². The molecule has 0 atom stereocenters. The first-order valence-corrected chi connectivity index (χ1v) is 7.03. The highest BCUT2D eigenvalue weighted by molar-refractivity contribution is 7.85. The van der Waals surface area contributed by atoms with Crippen molar-refractivity contribution < 1.29 is 36.0 Å². The Bertz CT molecular complexity index is 387. The van der Waals surface area contributed by atoms with Gasteiger partial charge in [-0.05, 0) is 31.6 Å². The average molecular weight is 307 g/mol. The molecule has 1 aliphatic rings. The van der Waals surface area contributed by atoms with Crippen LogP contribution in [-0.2, 0) is 14.9 Å². The van der Waals surface area contributed by atoms with Crippen LogP contribution in [0.4, 0.5) is 13.2 Å². The van der Waals surface area contributed by atoms with E-state index in [1.165, 1.54) is 0 Å². The van der Waals surface area contributed by atoms with Crippen LogP contribution in [0.25, 0.3) is 0 Å². The van der Waals surface area contributed by atoms with Gasteiger partial charge in [-0.15, -0.1) is 0 Å². The molecule has 1 saturated carbocycles. The third kappa shape index (κ3) is 9.68. The summed E-state index contributed by atoms with van der Waals surface area (Å²) >= 11 is 0. The molecule has 0 aromatic heterocycles. The molecule has 19 heavy (non-hydrogen) atoms. The molecule has 0 radical (unpaired) electrons. The number of alkyl halides is 3. The van der Waals surface area contributed by atoms with Crippen molar-refractivity contribution in [2.24, 2.45) is 11.7 Å². The van der Waals surface area contributed by atoms with E-state index in [2.05, 4.69) is 0 Å². The second kappa shape index (κ2) is 7.06. The Morgan fingerprint density at radius 3 is 1.84 bits per heavy atom. The van der Waals surface area contributed by atoms with Gasteiger partial charge in [-0.3, -0.25) is 4.55 Å². The van der Waals surface area contributed by atoms with E-state index in [9.17, 15) is 21.6 Å². The maximum absolute atomic E-state index is 10.6. The van der Waals surface area contributed by atoms with E-state index >= 15 is 0 Å². The predicted molar refractivity (Wildman–Crippen MR) is 60.0 cm³/mol. The number of carboxylic acid groups (broad SMARTS) is 1. The fraction of sp³-hybridized carbons (Fsp3) is 0.889. The van der Waals surface area contributed by atoms with Crippen LogP contribution in [0.1, 0.15) is 25.7 Å². The topological polar surface area (TPSA) is 118 Å². The van der Waals surface area contributed by atoms with Crippen LogP contribution < -0.4 is 5.73 Å². The summed E-state index contributed by atoms with van der Waals surface area (Å²) in [5, 5.41) is 7.12. The number of aliphatic carboxylic acids is 1. The number of hydrogen-bond acceptors (Lipinski definition) is 4. The van der Waals surface area contributed by atoms with E-state index in [1.807, 2.05) is 0 Å². The first-order chi connectivity index (χ1) is 8.42. The Morgan fingerprint density at radius 1 is 1.21 bits per heavy atom. The Kier molecular flexibility index (Phi) is 6.73. The fourth-order valence-corrected chi connectivity index (χ4v) is 2.58. The maximum Gasteiger partial charge on any atom is 0.490 e. The van der Waals surface area contributed by atoms with Gasteiger partial charge < -0.3 is 10.8 Å². The lowest BCUT2D eigenvalue weighted by atomic mass is 9.88. The van der Waals surface area contributed by atoms with Crippen molar-refractivity contribution in [3.63, 3.8) is 0 Å². The molecule has 1 rings (SSSR count). The van der Waals surface area contributed by atoms with E-state index in [4.69, 9.17) is 20.2 Å². The SMILES string of the molecule is N[C@H]1CC[C@H](CS(=O)(=O)O)CC1.O=C(O)C(F)(F)F. The molecule has 0 aromatic carbocycles. The Hall–Kier alpha value is -0.870. The molecule has 0 aliphatic heterocycles. The molecule has 0 bridgehead atoms. The Labute approximate surface area is 108 Å².